The van der Waals surface area contributed by atoms with Crippen molar-refractivity contribution in [3.05, 3.63) is 59.5 Å². The molecule has 6 heteroatoms. The molecule has 0 fully saturated rings. The fourth-order valence-electron chi connectivity index (χ4n) is 2.27. The molecule has 0 aliphatic heterocycles. The number of carboxylic acid groups (broad SMARTS) is 1. The third kappa shape index (κ3) is 3.67. The second-order valence-electron chi connectivity index (χ2n) is 5.01. The first-order valence-electron chi connectivity index (χ1n) is 6.99. The van der Waals surface area contributed by atoms with Crippen molar-refractivity contribution in [3.8, 4) is 22.4 Å². The van der Waals surface area contributed by atoms with Gasteiger partial charge in [0.1, 0.15) is 0 Å². The van der Waals surface area contributed by atoms with E-state index in [-0.39, 0.29) is 0 Å². The summed E-state index contributed by atoms with van der Waals surface area (Å²) in [6, 6.07) is 15.9. The molecule has 1 heterocycles. The number of carbonyl (C=O) groups is 1. The third-order valence-electron chi connectivity index (χ3n) is 3.41. The van der Waals surface area contributed by atoms with Crippen LogP contribution in [0.15, 0.2) is 53.9 Å². The van der Waals surface area contributed by atoms with Gasteiger partial charge in [0.15, 0.2) is 5.13 Å². The van der Waals surface area contributed by atoms with E-state index in [0.29, 0.717) is 11.7 Å². The van der Waals surface area contributed by atoms with Crippen molar-refractivity contribution >= 4 is 22.6 Å². The zero-order chi connectivity index (χ0) is 16.2. The molecule has 3 rings (SSSR count). The molecule has 0 unspecified atom stereocenters. The number of nitrogens with two attached hydrogens (primary N) is 1. The summed E-state index contributed by atoms with van der Waals surface area (Å²) >= 11 is 1.42. The van der Waals surface area contributed by atoms with Crippen LogP contribution in [-0.2, 0) is 6.54 Å². The Labute approximate surface area is 137 Å². The minimum atomic E-state index is -1.02. The van der Waals surface area contributed by atoms with Gasteiger partial charge in [-0.3, -0.25) is 0 Å². The molecule has 0 radical (unpaired) electrons. The van der Waals surface area contributed by atoms with Crippen LogP contribution in [0.1, 0.15) is 5.56 Å². The van der Waals surface area contributed by atoms with E-state index in [9.17, 15) is 4.79 Å². The number of anilines is 1. The molecule has 0 aliphatic rings. The van der Waals surface area contributed by atoms with Crippen LogP contribution in [0.5, 0.6) is 0 Å². The van der Waals surface area contributed by atoms with E-state index in [4.69, 9.17) is 10.8 Å². The Balaban J connectivity index is 1.83. The van der Waals surface area contributed by atoms with Crippen molar-refractivity contribution in [2.45, 2.75) is 6.54 Å². The van der Waals surface area contributed by atoms with Crippen molar-refractivity contribution < 1.29 is 9.90 Å². The van der Waals surface area contributed by atoms with Gasteiger partial charge in [0, 0.05) is 17.5 Å². The van der Waals surface area contributed by atoms with Crippen LogP contribution < -0.4 is 11.1 Å². The third-order valence-corrected chi connectivity index (χ3v) is 4.09. The fraction of sp³-hybridized carbons (Fsp3) is 0.0588. The summed E-state index contributed by atoms with van der Waals surface area (Å²) in [6.45, 7) is 0.299. The Morgan fingerprint density at radius 1 is 1.13 bits per heavy atom. The van der Waals surface area contributed by atoms with Gasteiger partial charge in [-0.05, 0) is 22.8 Å². The van der Waals surface area contributed by atoms with Crippen molar-refractivity contribution in [1.29, 1.82) is 0 Å². The lowest BCUT2D eigenvalue weighted by atomic mass is 10.0. The van der Waals surface area contributed by atoms with Crippen LogP contribution in [0.2, 0.25) is 0 Å². The molecular weight excluding hydrogens is 310 g/mol. The minimum absolute atomic E-state index is 0.299. The molecular formula is C17H15N3O2S. The molecule has 0 saturated carbocycles. The van der Waals surface area contributed by atoms with E-state index in [0.717, 1.165) is 27.9 Å². The monoisotopic (exact) mass is 325 g/mol. The maximum Gasteiger partial charge on any atom is 0.404 e. The number of hydrogen-bond acceptors (Lipinski definition) is 4. The highest BCUT2D eigenvalue weighted by molar-refractivity contribution is 7.13. The lowest BCUT2D eigenvalue weighted by molar-refractivity contribution is 0.194. The van der Waals surface area contributed by atoms with E-state index < -0.39 is 6.09 Å². The number of hydrogen-bond donors (Lipinski definition) is 3. The number of nitrogens with one attached hydrogen (secondary N) is 1. The molecule has 4 N–H and O–H groups in total. The largest absolute Gasteiger partial charge is 0.465 e. The molecule has 3 aromatic rings. The number of nitrogens with zero attached hydrogens (tertiary/aromatic N) is 1. The summed E-state index contributed by atoms with van der Waals surface area (Å²) in [4.78, 5) is 14.8. The summed E-state index contributed by atoms with van der Waals surface area (Å²) in [5.41, 5.74) is 10.6. The van der Waals surface area contributed by atoms with E-state index in [1.807, 2.05) is 47.8 Å². The maximum absolute atomic E-state index is 10.5. The molecule has 0 aliphatic carbocycles. The quantitative estimate of drug-likeness (QED) is 0.680. The highest BCUT2D eigenvalue weighted by Crippen LogP contribution is 2.28. The van der Waals surface area contributed by atoms with Gasteiger partial charge in [-0.15, -0.1) is 11.3 Å². The fourth-order valence-corrected chi connectivity index (χ4v) is 2.84. The second-order valence-corrected chi connectivity index (χ2v) is 5.90. The first kappa shape index (κ1) is 15.1. The Bertz CT molecular complexity index is 828. The molecule has 1 aromatic heterocycles. The maximum atomic E-state index is 10.5. The van der Waals surface area contributed by atoms with E-state index in [2.05, 4.69) is 16.4 Å². The van der Waals surface area contributed by atoms with Crippen molar-refractivity contribution in [1.82, 2.24) is 10.3 Å². The number of nitrogen functional groups attached to an aromatic ring is 1. The van der Waals surface area contributed by atoms with Gasteiger partial charge in [0.05, 0.1) is 5.69 Å². The molecule has 0 bridgehead atoms. The van der Waals surface area contributed by atoms with Crippen LogP contribution in [0, 0.1) is 0 Å². The number of benzene rings is 2. The second kappa shape index (κ2) is 6.50. The molecule has 116 valence electrons. The Hall–Kier alpha value is -2.86. The number of aromatic nitrogens is 1. The number of rotatable bonds is 4. The summed E-state index contributed by atoms with van der Waals surface area (Å²) in [6.07, 6.45) is -1.02. The van der Waals surface area contributed by atoms with Gasteiger partial charge in [0.2, 0.25) is 0 Å². The predicted octanol–water partition coefficient (Wildman–Crippen LogP) is 3.83. The van der Waals surface area contributed by atoms with Crippen molar-refractivity contribution in [2.24, 2.45) is 0 Å². The Kier molecular flexibility index (Phi) is 4.25. The lowest BCUT2D eigenvalue weighted by Gasteiger charge is -2.06. The topological polar surface area (TPSA) is 88.2 Å². The molecule has 0 saturated heterocycles. The molecule has 1 amide bonds. The predicted molar refractivity (Wildman–Crippen MR) is 92.3 cm³/mol. The van der Waals surface area contributed by atoms with E-state index in [1.54, 1.807) is 0 Å². The lowest BCUT2D eigenvalue weighted by Crippen LogP contribution is -2.19. The molecule has 2 aromatic carbocycles. The van der Waals surface area contributed by atoms with Gasteiger partial charge < -0.3 is 16.2 Å². The summed E-state index contributed by atoms with van der Waals surface area (Å²) in [5.74, 6) is 0. The van der Waals surface area contributed by atoms with Gasteiger partial charge in [-0.25, -0.2) is 9.78 Å². The Morgan fingerprint density at radius 3 is 2.52 bits per heavy atom. The van der Waals surface area contributed by atoms with E-state index in [1.165, 1.54) is 11.3 Å². The number of thiazole rings is 1. The molecule has 0 spiro atoms. The minimum Gasteiger partial charge on any atom is -0.465 e. The van der Waals surface area contributed by atoms with E-state index >= 15 is 0 Å². The van der Waals surface area contributed by atoms with Gasteiger partial charge in [-0.1, -0.05) is 42.5 Å². The molecule has 5 nitrogen and oxygen atoms in total. The summed E-state index contributed by atoms with van der Waals surface area (Å²) < 4.78 is 0. The average molecular weight is 325 g/mol. The van der Waals surface area contributed by atoms with Crippen molar-refractivity contribution in [2.75, 3.05) is 5.73 Å². The SMILES string of the molecule is Nc1nc(-c2cccc(-c3ccc(CNC(=O)O)cc3)c2)cs1. The average Bonchev–Trinajstić information content (AvgIpc) is 3.00. The summed E-state index contributed by atoms with van der Waals surface area (Å²) in [7, 11) is 0. The molecule has 0 atom stereocenters. The van der Waals surface area contributed by atoms with Gasteiger partial charge in [-0.2, -0.15) is 0 Å². The Morgan fingerprint density at radius 2 is 1.87 bits per heavy atom. The highest BCUT2D eigenvalue weighted by Gasteiger charge is 2.05. The summed E-state index contributed by atoms with van der Waals surface area (Å²) in [5, 5.41) is 13.5. The zero-order valence-electron chi connectivity index (χ0n) is 12.2. The van der Waals surface area contributed by atoms with Gasteiger partial charge >= 0.3 is 6.09 Å². The zero-order valence-corrected chi connectivity index (χ0v) is 13.0. The highest BCUT2D eigenvalue weighted by atomic mass is 32.1. The van der Waals surface area contributed by atoms with Crippen LogP contribution in [0.4, 0.5) is 9.93 Å². The van der Waals surface area contributed by atoms with Crippen molar-refractivity contribution in [3.63, 3.8) is 0 Å². The first-order valence-corrected chi connectivity index (χ1v) is 7.87. The molecule has 23 heavy (non-hydrogen) atoms. The first-order chi connectivity index (χ1) is 11.1. The van der Waals surface area contributed by atoms with Crippen LogP contribution in [0.25, 0.3) is 22.4 Å². The van der Waals surface area contributed by atoms with Crippen LogP contribution >= 0.6 is 11.3 Å². The van der Waals surface area contributed by atoms with Crippen LogP contribution in [-0.4, -0.2) is 16.2 Å². The standard InChI is InChI=1S/C17H15N3O2S/c18-16-20-15(10-23-16)14-3-1-2-13(8-14)12-6-4-11(5-7-12)9-19-17(21)22/h1-8,10,19H,9H2,(H2,18,20)(H,21,22). The van der Waals surface area contributed by atoms with Gasteiger partial charge in [0.25, 0.3) is 0 Å². The van der Waals surface area contributed by atoms with Crippen LogP contribution in [0.3, 0.4) is 0 Å². The normalized spacial score (nSPS) is 10.4. The smallest absolute Gasteiger partial charge is 0.404 e. The number of amides is 1.